The highest BCUT2D eigenvalue weighted by atomic mass is 16.3. The molecule has 6 heteroatoms. The number of amides is 2. The van der Waals surface area contributed by atoms with Gasteiger partial charge in [-0.3, -0.25) is 9.59 Å². The summed E-state index contributed by atoms with van der Waals surface area (Å²) in [5.74, 6) is 0.338. The number of aromatic amines is 1. The molecule has 2 aromatic heterocycles. The SMILES string of the molecule is O=C(Cc1ccc[nH]1)N1CCCN(C(=O)c2ccco2)CC1. The number of rotatable bonds is 3. The van der Waals surface area contributed by atoms with Gasteiger partial charge in [-0.2, -0.15) is 0 Å². The van der Waals surface area contributed by atoms with Gasteiger partial charge in [0.2, 0.25) is 5.91 Å². The molecule has 0 unspecified atom stereocenters. The molecule has 0 atom stereocenters. The first kappa shape index (κ1) is 14.4. The maximum Gasteiger partial charge on any atom is 0.289 e. The molecule has 22 heavy (non-hydrogen) atoms. The zero-order chi connectivity index (χ0) is 15.4. The molecule has 6 nitrogen and oxygen atoms in total. The highest BCUT2D eigenvalue weighted by Gasteiger charge is 2.24. The standard InChI is InChI=1S/C16H19N3O3/c20-15(12-13-4-1-6-17-13)18-7-3-8-19(10-9-18)16(21)14-5-2-11-22-14/h1-2,4-6,11,17H,3,7-10,12H2. The van der Waals surface area contributed by atoms with Crippen molar-refractivity contribution in [2.75, 3.05) is 26.2 Å². The van der Waals surface area contributed by atoms with Gasteiger partial charge in [0, 0.05) is 38.1 Å². The summed E-state index contributed by atoms with van der Waals surface area (Å²) in [4.78, 5) is 31.2. The van der Waals surface area contributed by atoms with E-state index in [1.165, 1.54) is 6.26 Å². The average molecular weight is 301 g/mol. The summed E-state index contributed by atoms with van der Waals surface area (Å²) in [6, 6.07) is 7.16. The van der Waals surface area contributed by atoms with E-state index in [0.717, 1.165) is 12.1 Å². The number of carbonyl (C=O) groups excluding carboxylic acids is 2. The zero-order valence-electron chi connectivity index (χ0n) is 12.3. The third-order valence-electron chi connectivity index (χ3n) is 3.87. The van der Waals surface area contributed by atoms with Gasteiger partial charge in [-0.05, 0) is 30.7 Å². The first-order chi connectivity index (χ1) is 10.7. The normalized spacial score (nSPS) is 15.6. The second-order valence-corrected chi connectivity index (χ2v) is 5.38. The fraction of sp³-hybridized carbons (Fsp3) is 0.375. The van der Waals surface area contributed by atoms with E-state index in [1.54, 1.807) is 17.0 Å². The van der Waals surface area contributed by atoms with E-state index < -0.39 is 0 Å². The van der Waals surface area contributed by atoms with Crippen LogP contribution in [0, 0.1) is 0 Å². The van der Waals surface area contributed by atoms with Crippen molar-refractivity contribution < 1.29 is 14.0 Å². The number of nitrogens with zero attached hydrogens (tertiary/aromatic N) is 2. The van der Waals surface area contributed by atoms with Gasteiger partial charge in [-0.15, -0.1) is 0 Å². The van der Waals surface area contributed by atoms with Crippen molar-refractivity contribution >= 4 is 11.8 Å². The van der Waals surface area contributed by atoms with Crippen LogP contribution in [0.25, 0.3) is 0 Å². The van der Waals surface area contributed by atoms with Crippen LogP contribution in [0.3, 0.4) is 0 Å². The quantitative estimate of drug-likeness (QED) is 0.934. The summed E-state index contributed by atoms with van der Waals surface area (Å²) in [5.41, 5.74) is 0.915. The number of hydrogen-bond donors (Lipinski definition) is 1. The Balaban J connectivity index is 1.57. The molecule has 1 N–H and O–H groups in total. The van der Waals surface area contributed by atoms with Gasteiger partial charge in [0.15, 0.2) is 5.76 Å². The van der Waals surface area contributed by atoms with E-state index in [1.807, 2.05) is 23.2 Å². The Morgan fingerprint density at radius 3 is 2.64 bits per heavy atom. The number of aromatic nitrogens is 1. The summed E-state index contributed by atoms with van der Waals surface area (Å²) < 4.78 is 5.16. The zero-order valence-corrected chi connectivity index (χ0v) is 12.3. The first-order valence-corrected chi connectivity index (χ1v) is 7.47. The third-order valence-corrected chi connectivity index (χ3v) is 3.87. The molecule has 1 saturated heterocycles. The molecular formula is C16H19N3O3. The Hall–Kier alpha value is -2.50. The fourth-order valence-electron chi connectivity index (χ4n) is 2.68. The lowest BCUT2D eigenvalue weighted by Gasteiger charge is -2.21. The lowest BCUT2D eigenvalue weighted by Crippen LogP contribution is -2.37. The Kier molecular flexibility index (Phi) is 4.27. The van der Waals surface area contributed by atoms with E-state index >= 15 is 0 Å². The van der Waals surface area contributed by atoms with Crippen LogP contribution in [0.2, 0.25) is 0 Å². The van der Waals surface area contributed by atoms with E-state index in [4.69, 9.17) is 4.42 Å². The molecule has 0 aromatic carbocycles. The number of nitrogens with one attached hydrogen (secondary N) is 1. The van der Waals surface area contributed by atoms with E-state index in [9.17, 15) is 9.59 Å². The lowest BCUT2D eigenvalue weighted by atomic mass is 10.2. The van der Waals surface area contributed by atoms with Gasteiger partial charge in [0.05, 0.1) is 12.7 Å². The average Bonchev–Trinajstić information content (AvgIpc) is 3.16. The van der Waals surface area contributed by atoms with Gasteiger partial charge in [0.1, 0.15) is 0 Å². The minimum Gasteiger partial charge on any atom is -0.459 e. The van der Waals surface area contributed by atoms with Crippen LogP contribution in [-0.2, 0) is 11.2 Å². The Labute approximate surface area is 128 Å². The van der Waals surface area contributed by atoms with Crippen molar-refractivity contribution in [2.45, 2.75) is 12.8 Å². The number of hydrogen-bond acceptors (Lipinski definition) is 3. The van der Waals surface area contributed by atoms with Crippen molar-refractivity contribution in [3.05, 3.63) is 48.2 Å². The van der Waals surface area contributed by atoms with Crippen LogP contribution in [-0.4, -0.2) is 52.8 Å². The minimum absolute atomic E-state index is 0.0924. The minimum atomic E-state index is -0.108. The van der Waals surface area contributed by atoms with Gasteiger partial charge < -0.3 is 19.2 Å². The molecule has 3 heterocycles. The molecule has 0 radical (unpaired) electrons. The number of H-pyrrole nitrogens is 1. The second kappa shape index (κ2) is 6.51. The van der Waals surface area contributed by atoms with Crippen LogP contribution in [0.1, 0.15) is 22.7 Å². The molecule has 2 amide bonds. The van der Waals surface area contributed by atoms with Crippen LogP contribution in [0.15, 0.2) is 41.1 Å². The topological polar surface area (TPSA) is 69.6 Å². The van der Waals surface area contributed by atoms with Crippen molar-refractivity contribution in [3.63, 3.8) is 0 Å². The van der Waals surface area contributed by atoms with Gasteiger partial charge >= 0.3 is 0 Å². The van der Waals surface area contributed by atoms with Gasteiger partial charge in [-0.25, -0.2) is 0 Å². The Morgan fingerprint density at radius 2 is 1.91 bits per heavy atom. The van der Waals surface area contributed by atoms with Crippen molar-refractivity contribution in [1.29, 1.82) is 0 Å². The van der Waals surface area contributed by atoms with Crippen LogP contribution >= 0.6 is 0 Å². The summed E-state index contributed by atoms with van der Waals surface area (Å²) in [6.07, 6.45) is 4.47. The molecular weight excluding hydrogens is 282 g/mol. The molecule has 1 fully saturated rings. The smallest absolute Gasteiger partial charge is 0.289 e. The number of carbonyl (C=O) groups is 2. The van der Waals surface area contributed by atoms with Crippen molar-refractivity contribution in [3.8, 4) is 0 Å². The van der Waals surface area contributed by atoms with Crippen molar-refractivity contribution in [2.24, 2.45) is 0 Å². The lowest BCUT2D eigenvalue weighted by molar-refractivity contribution is -0.130. The summed E-state index contributed by atoms with van der Waals surface area (Å²) >= 11 is 0. The largest absolute Gasteiger partial charge is 0.459 e. The fourth-order valence-corrected chi connectivity index (χ4v) is 2.68. The molecule has 0 spiro atoms. The van der Waals surface area contributed by atoms with Crippen LogP contribution < -0.4 is 0 Å². The summed E-state index contributed by atoms with van der Waals surface area (Å²) in [7, 11) is 0. The first-order valence-electron chi connectivity index (χ1n) is 7.47. The van der Waals surface area contributed by atoms with Gasteiger partial charge in [0.25, 0.3) is 5.91 Å². The molecule has 1 aliphatic heterocycles. The monoisotopic (exact) mass is 301 g/mol. The van der Waals surface area contributed by atoms with Crippen LogP contribution in [0.5, 0.6) is 0 Å². The molecule has 0 saturated carbocycles. The third kappa shape index (κ3) is 3.21. The van der Waals surface area contributed by atoms with E-state index in [-0.39, 0.29) is 11.8 Å². The highest BCUT2D eigenvalue weighted by Crippen LogP contribution is 2.11. The van der Waals surface area contributed by atoms with E-state index in [2.05, 4.69) is 4.98 Å². The predicted octanol–water partition coefficient (Wildman–Crippen LogP) is 1.52. The second-order valence-electron chi connectivity index (χ2n) is 5.38. The molecule has 0 aliphatic carbocycles. The van der Waals surface area contributed by atoms with E-state index in [0.29, 0.717) is 38.4 Å². The molecule has 116 valence electrons. The summed E-state index contributed by atoms with van der Waals surface area (Å²) in [5, 5.41) is 0. The van der Waals surface area contributed by atoms with Gasteiger partial charge in [-0.1, -0.05) is 0 Å². The maximum atomic E-state index is 12.3. The van der Waals surface area contributed by atoms with Crippen molar-refractivity contribution in [1.82, 2.24) is 14.8 Å². The summed E-state index contributed by atoms with van der Waals surface area (Å²) in [6.45, 7) is 2.43. The molecule has 3 rings (SSSR count). The molecule has 0 bridgehead atoms. The molecule has 2 aromatic rings. The predicted molar refractivity (Wildman–Crippen MR) is 80.3 cm³/mol. The highest BCUT2D eigenvalue weighted by molar-refractivity contribution is 5.91. The maximum absolute atomic E-state index is 12.3. The Bertz CT molecular complexity index is 619. The Morgan fingerprint density at radius 1 is 1.09 bits per heavy atom. The van der Waals surface area contributed by atoms with Crippen LogP contribution in [0.4, 0.5) is 0 Å². The number of furan rings is 1. The molecule has 1 aliphatic rings.